The van der Waals surface area contributed by atoms with Crippen molar-refractivity contribution in [1.29, 1.82) is 0 Å². The minimum absolute atomic E-state index is 0.472. The van der Waals surface area contributed by atoms with Crippen LogP contribution in [0.1, 0.15) is 38.2 Å². The van der Waals surface area contributed by atoms with E-state index in [4.69, 9.17) is 4.98 Å². The van der Waals surface area contributed by atoms with Gasteiger partial charge in [-0.15, -0.1) is 0 Å². The van der Waals surface area contributed by atoms with Gasteiger partial charge in [-0.2, -0.15) is 0 Å². The van der Waals surface area contributed by atoms with Crippen molar-refractivity contribution in [1.82, 2.24) is 14.9 Å². The molecule has 1 aliphatic heterocycles. The molecule has 0 saturated carbocycles. The fourth-order valence-electron chi connectivity index (χ4n) is 2.86. The minimum atomic E-state index is 0.472. The lowest BCUT2D eigenvalue weighted by Gasteiger charge is -2.24. The number of fused-ring (bicyclic) bond motifs is 1. The van der Waals surface area contributed by atoms with Crippen molar-refractivity contribution in [2.75, 3.05) is 6.54 Å². The molecule has 0 spiro atoms. The predicted octanol–water partition coefficient (Wildman–Crippen LogP) is 3.41. The van der Waals surface area contributed by atoms with Crippen LogP contribution in [-0.4, -0.2) is 16.1 Å². The Bertz CT molecular complexity index is 584. The van der Waals surface area contributed by atoms with Crippen LogP contribution in [0.4, 0.5) is 0 Å². The maximum atomic E-state index is 4.92. The van der Waals surface area contributed by atoms with Crippen molar-refractivity contribution in [3.8, 4) is 11.4 Å². The zero-order valence-corrected chi connectivity index (χ0v) is 12.6. The monoisotopic (exact) mass is 269 g/mol. The molecule has 2 heterocycles. The van der Waals surface area contributed by atoms with E-state index in [1.807, 2.05) is 0 Å². The molecule has 0 bridgehead atoms. The summed E-state index contributed by atoms with van der Waals surface area (Å²) in [7, 11) is 0. The van der Waals surface area contributed by atoms with E-state index in [0.717, 1.165) is 25.3 Å². The molecule has 0 saturated heterocycles. The van der Waals surface area contributed by atoms with Gasteiger partial charge in [-0.25, -0.2) is 4.98 Å². The summed E-state index contributed by atoms with van der Waals surface area (Å²) < 4.78 is 2.47. The SMILES string of the molecule is CC(C)C(C)n1c(-c2ccccc2)nc2c1CCNC2. The second-order valence-corrected chi connectivity index (χ2v) is 5.98. The zero-order chi connectivity index (χ0) is 14.1. The van der Waals surface area contributed by atoms with Gasteiger partial charge in [0.1, 0.15) is 5.82 Å². The fraction of sp³-hybridized carbons (Fsp3) is 0.471. The predicted molar refractivity (Wildman–Crippen MR) is 82.6 cm³/mol. The number of aromatic nitrogens is 2. The molecule has 20 heavy (non-hydrogen) atoms. The molecule has 1 unspecified atom stereocenters. The third-order valence-electron chi connectivity index (χ3n) is 4.33. The highest BCUT2D eigenvalue weighted by atomic mass is 15.1. The van der Waals surface area contributed by atoms with Gasteiger partial charge in [0.2, 0.25) is 0 Å². The Morgan fingerprint density at radius 2 is 1.90 bits per heavy atom. The molecule has 3 nitrogen and oxygen atoms in total. The van der Waals surface area contributed by atoms with Gasteiger partial charge in [0.05, 0.1) is 5.69 Å². The van der Waals surface area contributed by atoms with E-state index in [1.165, 1.54) is 17.0 Å². The van der Waals surface area contributed by atoms with Gasteiger partial charge in [-0.1, -0.05) is 44.2 Å². The smallest absolute Gasteiger partial charge is 0.140 e. The van der Waals surface area contributed by atoms with Gasteiger partial charge < -0.3 is 9.88 Å². The van der Waals surface area contributed by atoms with Crippen LogP contribution in [0.25, 0.3) is 11.4 Å². The summed E-state index contributed by atoms with van der Waals surface area (Å²) in [4.78, 5) is 4.92. The molecule has 0 amide bonds. The molecule has 0 radical (unpaired) electrons. The number of nitrogens with one attached hydrogen (secondary N) is 1. The molecule has 3 heteroatoms. The third kappa shape index (κ3) is 2.27. The van der Waals surface area contributed by atoms with Crippen LogP contribution < -0.4 is 5.32 Å². The Hall–Kier alpha value is -1.61. The average Bonchev–Trinajstić information content (AvgIpc) is 2.86. The Kier molecular flexibility index (Phi) is 3.62. The zero-order valence-electron chi connectivity index (χ0n) is 12.6. The van der Waals surface area contributed by atoms with Gasteiger partial charge in [0.25, 0.3) is 0 Å². The standard InChI is InChI=1S/C17H23N3/c1-12(2)13(3)20-16-9-10-18-11-15(16)19-17(20)14-7-5-4-6-8-14/h4-8,12-13,18H,9-11H2,1-3H3. The molecule has 1 aromatic heterocycles. The molecule has 3 rings (SSSR count). The highest BCUT2D eigenvalue weighted by Crippen LogP contribution is 2.31. The van der Waals surface area contributed by atoms with Crippen molar-refractivity contribution in [3.05, 3.63) is 41.7 Å². The Morgan fingerprint density at radius 3 is 2.60 bits per heavy atom. The summed E-state index contributed by atoms with van der Waals surface area (Å²) in [6.07, 6.45) is 1.08. The second kappa shape index (κ2) is 5.41. The van der Waals surface area contributed by atoms with Crippen molar-refractivity contribution < 1.29 is 0 Å². The molecule has 2 aromatic rings. The quantitative estimate of drug-likeness (QED) is 0.925. The van der Waals surface area contributed by atoms with Crippen molar-refractivity contribution in [2.24, 2.45) is 5.92 Å². The minimum Gasteiger partial charge on any atom is -0.325 e. The van der Waals surface area contributed by atoms with Crippen molar-refractivity contribution >= 4 is 0 Å². The largest absolute Gasteiger partial charge is 0.325 e. The third-order valence-corrected chi connectivity index (χ3v) is 4.33. The number of hydrogen-bond donors (Lipinski definition) is 1. The van der Waals surface area contributed by atoms with E-state index < -0.39 is 0 Å². The van der Waals surface area contributed by atoms with Gasteiger partial charge in [0.15, 0.2) is 0 Å². The van der Waals surface area contributed by atoms with Gasteiger partial charge in [0, 0.05) is 36.8 Å². The van der Waals surface area contributed by atoms with E-state index in [1.54, 1.807) is 0 Å². The summed E-state index contributed by atoms with van der Waals surface area (Å²) in [5.41, 5.74) is 3.86. The van der Waals surface area contributed by atoms with Gasteiger partial charge >= 0.3 is 0 Å². The summed E-state index contributed by atoms with van der Waals surface area (Å²) in [5, 5.41) is 3.43. The molecule has 1 N–H and O–H groups in total. The van der Waals surface area contributed by atoms with E-state index in [2.05, 4.69) is 61.0 Å². The topological polar surface area (TPSA) is 29.9 Å². The van der Waals surface area contributed by atoms with Crippen LogP contribution in [0.15, 0.2) is 30.3 Å². The number of rotatable bonds is 3. The van der Waals surface area contributed by atoms with E-state index in [0.29, 0.717) is 12.0 Å². The van der Waals surface area contributed by atoms with Crippen LogP contribution in [-0.2, 0) is 13.0 Å². The van der Waals surface area contributed by atoms with Crippen LogP contribution in [0.3, 0.4) is 0 Å². The van der Waals surface area contributed by atoms with E-state index >= 15 is 0 Å². The Morgan fingerprint density at radius 1 is 1.15 bits per heavy atom. The van der Waals surface area contributed by atoms with E-state index in [9.17, 15) is 0 Å². The first-order valence-electron chi connectivity index (χ1n) is 7.54. The first kappa shape index (κ1) is 13.4. The van der Waals surface area contributed by atoms with Crippen LogP contribution in [0.2, 0.25) is 0 Å². The van der Waals surface area contributed by atoms with E-state index in [-0.39, 0.29) is 0 Å². The van der Waals surface area contributed by atoms with Crippen molar-refractivity contribution in [2.45, 2.75) is 39.8 Å². The van der Waals surface area contributed by atoms with Crippen molar-refractivity contribution in [3.63, 3.8) is 0 Å². The average molecular weight is 269 g/mol. The van der Waals surface area contributed by atoms with Crippen LogP contribution in [0, 0.1) is 5.92 Å². The fourth-order valence-corrected chi connectivity index (χ4v) is 2.86. The highest BCUT2D eigenvalue weighted by molar-refractivity contribution is 5.57. The molecule has 106 valence electrons. The Labute approximate surface area is 121 Å². The summed E-state index contributed by atoms with van der Waals surface area (Å²) in [6, 6.07) is 11.0. The van der Waals surface area contributed by atoms with Gasteiger partial charge in [-0.05, 0) is 12.8 Å². The maximum absolute atomic E-state index is 4.92. The Balaban J connectivity index is 2.16. The lowest BCUT2D eigenvalue weighted by Crippen LogP contribution is -2.26. The molecule has 0 fully saturated rings. The highest BCUT2D eigenvalue weighted by Gasteiger charge is 2.24. The molecular formula is C17H23N3. The maximum Gasteiger partial charge on any atom is 0.140 e. The van der Waals surface area contributed by atoms with Crippen LogP contribution in [0.5, 0.6) is 0 Å². The summed E-state index contributed by atoms with van der Waals surface area (Å²) >= 11 is 0. The number of imidazole rings is 1. The molecule has 0 aliphatic carbocycles. The molecular weight excluding hydrogens is 246 g/mol. The second-order valence-electron chi connectivity index (χ2n) is 5.98. The molecule has 1 aliphatic rings. The lowest BCUT2D eigenvalue weighted by molar-refractivity contribution is 0.397. The number of hydrogen-bond acceptors (Lipinski definition) is 2. The number of nitrogens with zero attached hydrogens (tertiary/aromatic N) is 2. The first-order valence-corrected chi connectivity index (χ1v) is 7.54. The molecule has 1 atom stereocenters. The normalized spacial score (nSPS) is 16.2. The van der Waals surface area contributed by atoms with Gasteiger partial charge in [-0.3, -0.25) is 0 Å². The first-order chi connectivity index (χ1) is 9.68. The molecule has 1 aromatic carbocycles. The lowest BCUT2D eigenvalue weighted by atomic mass is 10.0. The number of benzene rings is 1. The summed E-state index contributed by atoms with van der Waals surface area (Å²) in [6.45, 7) is 8.83. The summed E-state index contributed by atoms with van der Waals surface area (Å²) in [5.74, 6) is 1.73. The van der Waals surface area contributed by atoms with Crippen LogP contribution >= 0.6 is 0 Å².